The first-order chi connectivity index (χ1) is 14.4. The molecule has 3 atom stereocenters. The third-order valence-electron chi connectivity index (χ3n) is 5.31. The lowest BCUT2D eigenvalue weighted by Gasteiger charge is -2.34. The van der Waals surface area contributed by atoms with Crippen molar-refractivity contribution < 1.29 is 14.4 Å². The zero-order chi connectivity index (χ0) is 21.3. The van der Waals surface area contributed by atoms with Crippen molar-refractivity contribution in [3.05, 3.63) is 64.1 Å². The van der Waals surface area contributed by atoms with Gasteiger partial charge in [0, 0.05) is 18.0 Å². The van der Waals surface area contributed by atoms with E-state index in [0.717, 1.165) is 5.56 Å². The Bertz CT molecular complexity index is 982. The highest BCUT2D eigenvalue weighted by molar-refractivity contribution is 6.33. The molecule has 156 valence electrons. The summed E-state index contributed by atoms with van der Waals surface area (Å²) < 4.78 is 0. The highest BCUT2D eigenvalue weighted by atomic mass is 35.5. The van der Waals surface area contributed by atoms with E-state index < -0.39 is 18.1 Å². The largest absolute Gasteiger partial charge is 0.342 e. The van der Waals surface area contributed by atoms with Gasteiger partial charge in [-0.3, -0.25) is 9.59 Å². The Kier molecular flexibility index (Phi) is 5.83. The lowest BCUT2D eigenvalue weighted by atomic mass is 10.0. The molecule has 2 aliphatic heterocycles. The van der Waals surface area contributed by atoms with Crippen LogP contribution >= 0.6 is 23.2 Å². The normalized spacial score (nSPS) is 23.0. The number of urea groups is 1. The molecule has 9 heteroatoms. The number of piperazine rings is 1. The summed E-state index contributed by atoms with van der Waals surface area (Å²) in [4.78, 5) is 39.4. The summed E-state index contributed by atoms with van der Waals surface area (Å²) in [6.45, 7) is 0.282. The van der Waals surface area contributed by atoms with Crippen molar-refractivity contribution in [2.75, 3.05) is 11.9 Å². The highest BCUT2D eigenvalue weighted by Crippen LogP contribution is 2.25. The van der Waals surface area contributed by atoms with Crippen molar-refractivity contribution in [2.24, 2.45) is 0 Å². The Morgan fingerprint density at radius 3 is 2.57 bits per heavy atom. The molecule has 0 radical (unpaired) electrons. The molecule has 3 N–H and O–H groups in total. The van der Waals surface area contributed by atoms with E-state index in [1.165, 1.54) is 0 Å². The van der Waals surface area contributed by atoms with Gasteiger partial charge in [0.2, 0.25) is 11.8 Å². The number of carbonyl (C=O) groups excluding carboxylic acids is 3. The van der Waals surface area contributed by atoms with E-state index in [0.29, 0.717) is 28.6 Å². The number of para-hydroxylation sites is 1. The van der Waals surface area contributed by atoms with Crippen LogP contribution in [0.4, 0.5) is 10.5 Å². The van der Waals surface area contributed by atoms with E-state index in [1.54, 1.807) is 41.3 Å². The molecule has 4 amide bonds. The molecule has 0 bridgehead atoms. The number of nitrogens with zero attached hydrogens (tertiary/aromatic N) is 1. The minimum atomic E-state index is -0.634. The van der Waals surface area contributed by atoms with Crippen LogP contribution in [0.25, 0.3) is 0 Å². The minimum Gasteiger partial charge on any atom is -0.342 e. The maximum Gasteiger partial charge on any atom is 0.319 e. The Balaban J connectivity index is 1.38. The fourth-order valence-corrected chi connectivity index (χ4v) is 4.17. The van der Waals surface area contributed by atoms with Gasteiger partial charge in [0.25, 0.3) is 0 Å². The standard InChI is InChI=1S/C21H20Cl2N4O3/c22-13-7-5-12(6-8-13)9-17-20(29)27-11-14(10-18(27)19(28)25-17)24-21(30)26-16-4-2-1-3-15(16)23/h1-8,14,17-18H,9-11H2,(H,25,28)(H2,24,26,30)/t14-,17-,18-/m0/s1. The number of halogens is 2. The molecule has 0 aromatic heterocycles. The summed E-state index contributed by atoms with van der Waals surface area (Å²) in [7, 11) is 0. The molecule has 2 saturated heterocycles. The third kappa shape index (κ3) is 4.37. The summed E-state index contributed by atoms with van der Waals surface area (Å²) in [6, 6.07) is 12.1. The molecule has 0 aliphatic carbocycles. The molecule has 2 aliphatic rings. The zero-order valence-electron chi connectivity index (χ0n) is 15.9. The van der Waals surface area contributed by atoms with Crippen LogP contribution in [0, 0.1) is 0 Å². The summed E-state index contributed by atoms with van der Waals surface area (Å²) in [5.74, 6) is -0.352. The monoisotopic (exact) mass is 446 g/mol. The van der Waals surface area contributed by atoms with Crippen LogP contribution in [-0.2, 0) is 16.0 Å². The van der Waals surface area contributed by atoms with Crippen molar-refractivity contribution in [3.63, 3.8) is 0 Å². The number of carbonyl (C=O) groups is 3. The van der Waals surface area contributed by atoms with Gasteiger partial charge in [-0.05, 0) is 36.2 Å². The van der Waals surface area contributed by atoms with E-state index in [2.05, 4.69) is 16.0 Å². The van der Waals surface area contributed by atoms with E-state index in [4.69, 9.17) is 23.2 Å². The van der Waals surface area contributed by atoms with Crippen molar-refractivity contribution in [2.45, 2.75) is 31.0 Å². The van der Waals surface area contributed by atoms with E-state index in [1.807, 2.05) is 12.1 Å². The van der Waals surface area contributed by atoms with Gasteiger partial charge in [-0.15, -0.1) is 0 Å². The van der Waals surface area contributed by atoms with E-state index in [9.17, 15) is 14.4 Å². The highest BCUT2D eigenvalue weighted by Gasteiger charge is 2.46. The Morgan fingerprint density at radius 2 is 1.83 bits per heavy atom. The zero-order valence-corrected chi connectivity index (χ0v) is 17.4. The molecular formula is C21H20Cl2N4O3. The predicted octanol–water partition coefficient (Wildman–Crippen LogP) is 2.83. The van der Waals surface area contributed by atoms with Gasteiger partial charge in [-0.2, -0.15) is 0 Å². The van der Waals surface area contributed by atoms with Crippen molar-refractivity contribution in [1.29, 1.82) is 0 Å². The van der Waals surface area contributed by atoms with E-state index in [-0.39, 0.29) is 24.4 Å². The molecule has 0 spiro atoms. The molecule has 7 nitrogen and oxygen atoms in total. The molecule has 0 unspecified atom stereocenters. The van der Waals surface area contributed by atoms with Crippen LogP contribution in [0.1, 0.15) is 12.0 Å². The fourth-order valence-electron chi connectivity index (χ4n) is 3.86. The number of hydrogen-bond donors (Lipinski definition) is 3. The second-order valence-electron chi connectivity index (χ2n) is 7.41. The summed E-state index contributed by atoms with van der Waals surface area (Å²) in [5.41, 5.74) is 1.40. The third-order valence-corrected chi connectivity index (χ3v) is 5.89. The van der Waals surface area contributed by atoms with Crippen LogP contribution < -0.4 is 16.0 Å². The maximum atomic E-state index is 12.9. The second kappa shape index (κ2) is 8.53. The number of amides is 4. The van der Waals surface area contributed by atoms with Crippen molar-refractivity contribution in [3.8, 4) is 0 Å². The Morgan fingerprint density at radius 1 is 1.10 bits per heavy atom. The molecule has 2 heterocycles. The molecular weight excluding hydrogens is 427 g/mol. The summed E-state index contributed by atoms with van der Waals surface area (Å²) in [5, 5.41) is 9.37. The molecule has 2 aromatic carbocycles. The lowest BCUT2D eigenvalue weighted by Crippen LogP contribution is -2.61. The van der Waals surface area contributed by atoms with E-state index >= 15 is 0 Å². The first kappa shape index (κ1) is 20.5. The lowest BCUT2D eigenvalue weighted by molar-refractivity contribution is -0.147. The predicted molar refractivity (Wildman–Crippen MR) is 115 cm³/mol. The average molecular weight is 447 g/mol. The van der Waals surface area contributed by atoms with Gasteiger partial charge in [0.05, 0.1) is 16.8 Å². The summed E-state index contributed by atoms with van der Waals surface area (Å²) >= 11 is 12.0. The van der Waals surface area contributed by atoms with Gasteiger partial charge < -0.3 is 20.9 Å². The Labute approximate surface area is 183 Å². The molecule has 4 rings (SSSR count). The smallest absolute Gasteiger partial charge is 0.319 e. The van der Waals surface area contributed by atoms with Crippen LogP contribution in [0.3, 0.4) is 0 Å². The van der Waals surface area contributed by atoms with Gasteiger partial charge >= 0.3 is 6.03 Å². The van der Waals surface area contributed by atoms with Crippen molar-refractivity contribution in [1.82, 2.24) is 15.5 Å². The topological polar surface area (TPSA) is 90.5 Å². The molecule has 2 fully saturated rings. The number of rotatable bonds is 4. The number of anilines is 1. The Hall–Kier alpha value is -2.77. The molecule has 0 saturated carbocycles. The average Bonchev–Trinajstić information content (AvgIpc) is 3.14. The van der Waals surface area contributed by atoms with Crippen molar-refractivity contribution >= 4 is 46.7 Å². The minimum absolute atomic E-state index is 0.148. The number of benzene rings is 2. The fraction of sp³-hybridized carbons (Fsp3) is 0.286. The van der Waals surface area contributed by atoms with Crippen LogP contribution in [-0.4, -0.2) is 47.4 Å². The number of hydrogen-bond acceptors (Lipinski definition) is 3. The van der Waals surface area contributed by atoms with Gasteiger partial charge in [-0.25, -0.2) is 4.79 Å². The second-order valence-corrected chi connectivity index (χ2v) is 8.25. The number of fused-ring (bicyclic) bond motifs is 1. The quantitative estimate of drug-likeness (QED) is 0.674. The maximum absolute atomic E-state index is 12.9. The molecule has 2 aromatic rings. The van der Waals surface area contributed by atoms with Gasteiger partial charge in [-0.1, -0.05) is 47.5 Å². The molecule has 30 heavy (non-hydrogen) atoms. The first-order valence-electron chi connectivity index (χ1n) is 9.58. The first-order valence-corrected chi connectivity index (χ1v) is 10.3. The SMILES string of the molecule is O=C(Nc1ccccc1Cl)N[C@H]1C[C@H]2C(=O)N[C@@H](Cc3ccc(Cl)cc3)C(=O)N2C1. The van der Waals surface area contributed by atoms with Crippen LogP contribution in [0.2, 0.25) is 10.0 Å². The van der Waals surface area contributed by atoms with Gasteiger partial charge in [0.1, 0.15) is 12.1 Å². The summed E-state index contributed by atoms with van der Waals surface area (Å²) in [6.07, 6.45) is 0.747. The van der Waals surface area contributed by atoms with Crippen LogP contribution in [0.15, 0.2) is 48.5 Å². The van der Waals surface area contributed by atoms with Crippen LogP contribution in [0.5, 0.6) is 0 Å². The number of nitrogens with one attached hydrogen (secondary N) is 3. The van der Waals surface area contributed by atoms with Gasteiger partial charge in [0.15, 0.2) is 0 Å².